The maximum Gasteiger partial charge on any atom is 0.328 e. The molecule has 2 atom stereocenters. The summed E-state index contributed by atoms with van der Waals surface area (Å²) in [6, 6.07) is 7.92. The Hall–Kier alpha value is -1.88. The number of amides is 3. The minimum absolute atomic E-state index is 0.143. The molecule has 2 fully saturated rings. The number of benzene rings is 1. The van der Waals surface area contributed by atoms with Crippen LogP contribution in [0.3, 0.4) is 0 Å². The summed E-state index contributed by atoms with van der Waals surface area (Å²) in [6.07, 6.45) is 3.64. The van der Waals surface area contributed by atoms with Gasteiger partial charge in [0.2, 0.25) is 5.91 Å². The molecule has 24 heavy (non-hydrogen) atoms. The Balaban J connectivity index is 1.48. The van der Waals surface area contributed by atoms with E-state index >= 15 is 0 Å². The Morgan fingerprint density at radius 3 is 2.88 bits per heavy atom. The molecule has 0 radical (unpaired) electrons. The van der Waals surface area contributed by atoms with Gasteiger partial charge in [0, 0.05) is 12.6 Å². The van der Waals surface area contributed by atoms with E-state index in [1.54, 1.807) is 0 Å². The Bertz CT molecular complexity index is 685. The second-order valence-electron chi connectivity index (χ2n) is 7.76. The normalized spacial score (nSPS) is 28.1. The predicted molar refractivity (Wildman–Crippen MR) is 93.1 cm³/mol. The van der Waals surface area contributed by atoms with Gasteiger partial charge in [0.05, 0.1) is 11.1 Å². The quantitative estimate of drug-likeness (QED) is 0.908. The van der Waals surface area contributed by atoms with Crippen LogP contribution in [0.1, 0.15) is 38.7 Å². The first-order valence-corrected chi connectivity index (χ1v) is 8.96. The van der Waals surface area contributed by atoms with Crippen molar-refractivity contribution in [1.29, 1.82) is 0 Å². The molecule has 0 aromatic heterocycles. The summed E-state index contributed by atoms with van der Waals surface area (Å²) >= 11 is 0. The lowest BCUT2D eigenvalue weighted by atomic mass is 9.86. The first-order chi connectivity index (χ1) is 11.5. The monoisotopic (exact) mass is 327 g/mol. The Morgan fingerprint density at radius 1 is 1.25 bits per heavy atom. The molecule has 2 saturated heterocycles. The number of carbonyl (C=O) groups excluding carboxylic acids is 2. The van der Waals surface area contributed by atoms with E-state index in [9.17, 15) is 9.59 Å². The molecular weight excluding hydrogens is 302 g/mol. The summed E-state index contributed by atoms with van der Waals surface area (Å²) in [4.78, 5) is 29.4. The van der Waals surface area contributed by atoms with Gasteiger partial charge in [-0.1, -0.05) is 18.2 Å². The molecule has 0 spiro atoms. The van der Waals surface area contributed by atoms with Crippen LogP contribution in [-0.4, -0.2) is 42.5 Å². The number of para-hydroxylation sites is 1. The molecule has 3 aliphatic heterocycles. The SMILES string of the molecule is CC1(C)C(=O)N(C(=O)NC[C@@H]2CCN3CCC[C@@H]23)c2ccccc21. The van der Waals surface area contributed by atoms with Crippen molar-refractivity contribution in [3.8, 4) is 0 Å². The molecule has 1 aromatic rings. The van der Waals surface area contributed by atoms with Crippen molar-refractivity contribution in [1.82, 2.24) is 10.2 Å². The van der Waals surface area contributed by atoms with Gasteiger partial charge >= 0.3 is 6.03 Å². The topological polar surface area (TPSA) is 52.7 Å². The third-order valence-electron chi connectivity index (χ3n) is 6.02. The average molecular weight is 327 g/mol. The third kappa shape index (κ3) is 2.25. The largest absolute Gasteiger partial charge is 0.337 e. The molecule has 0 aliphatic carbocycles. The van der Waals surface area contributed by atoms with Gasteiger partial charge in [0.15, 0.2) is 0 Å². The van der Waals surface area contributed by atoms with Crippen molar-refractivity contribution in [3.05, 3.63) is 29.8 Å². The number of hydrogen-bond acceptors (Lipinski definition) is 3. The van der Waals surface area contributed by atoms with Crippen molar-refractivity contribution >= 4 is 17.6 Å². The lowest BCUT2D eigenvalue weighted by Crippen LogP contribution is -2.47. The van der Waals surface area contributed by atoms with Crippen LogP contribution in [0.5, 0.6) is 0 Å². The van der Waals surface area contributed by atoms with Gasteiger partial charge in [0.1, 0.15) is 0 Å². The van der Waals surface area contributed by atoms with Crippen LogP contribution < -0.4 is 10.2 Å². The zero-order valence-corrected chi connectivity index (χ0v) is 14.4. The van der Waals surface area contributed by atoms with E-state index in [4.69, 9.17) is 0 Å². The highest BCUT2D eigenvalue weighted by Crippen LogP contribution is 2.41. The van der Waals surface area contributed by atoms with Crippen molar-refractivity contribution < 1.29 is 9.59 Å². The Kier molecular flexibility index (Phi) is 3.64. The van der Waals surface area contributed by atoms with Gasteiger partial charge in [-0.25, -0.2) is 9.69 Å². The summed E-state index contributed by atoms with van der Waals surface area (Å²) < 4.78 is 0. The first kappa shape index (κ1) is 15.6. The molecule has 3 aliphatic rings. The highest BCUT2D eigenvalue weighted by molar-refractivity contribution is 6.22. The molecule has 0 bridgehead atoms. The zero-order chi connectivity index (χ0) is 16.9. The molecular formula is C19H25N3O2. The smallest absolute Gasteiger partial charge is 0.328 e. The molecule has 3 heterocycles. The van der Waals surface area contributed by atoms with Gasteiger partial charge in [-0.2, -0.15) is 0 Å². The van der Waals surface area contributed by atoms with Crippen molar-refractivity contribution in [3.63, 3.8) is 0 Å². The number of nitrogens with zero attached hydrogens (tertiary/aromatic N) is 2. The number of hydrogen-bond donors (Lipinski definition) is 1. The Labute approximate surface area is 143 Å². The zero-order valence-electron chi connectivity index (χ0n) is 14.4. The molecule has 1 N–H and O–H groups in total. The minimum atomic E-state index is -0.649. The van der Waals surface area contributed by atoms with E-state index in [0.29, 0.717) is 18.5 Å². The summed E-state index contributed by atoms with van der Waals surface area (Å²) in [5, 5.41) is 3.03. The fourth-order valence-electron chi connectivity index (χ4n) is 4.63. The van der Waals surface area contributed by atoms with E-state index < -0.39 is 5.41 Å². The molecule has 3 amide bonds. The number of nitrogens with one attached hydrogen (secondary N) is 1. The van der Waals surface area contributed by atoms with E-state index in [1.165, 1.54) is 24.3 Å². The van der Waals surface area contributed by atoms with E-state index in [-0.39, 0.29) is 11.9 Å². The molecule has 0 saturated carbocycles. The minimum Gasteiger partial charge on any atom is -0.337 e. The highest BCUT2D eigenvalue weighted by atomic mass is 16.2. The van der Waals surface area contributed by atoms with Crippen LogP contribution in [0.4, 0.5) is 10.5 Å². The van der Waals surface area contributed by atoms with E-state index in [1.807, 2.05) is 38.1 Å². The summed E-state index contributed by atoms with van der Waals surface area (Å²) in [7, 11) is 0. The van der Waals surface area contributed by atoms with Crippen molar-refractivity contribution in [2.45, 2.75) is 44.6 Å². The predicted octanol–water partition coefficient (Wildman–Crippen LogP) is 2.50. The van der Waals surface area contributed by atoms with Crippen LogP contribution in [0.25, 0.3) is 0 Å². The highest BCUT2D eigenvalue weighted by Gasteiger charge is 2.46. The van der Waals surface area contributed by atoms with Crippen molar-refractivity contribution in [2.24, 2.45) is 5.92 Å². The van der Waals surface area contributed by atoms with Gasteiger partial charge in [-0.05, 0) is 63.7 Å². The summed E-state index contributed by atoms with van der Waals surface area (Å²) in [5.74, 6) is 0.368. The molecule has 5 heteroatoms. The van der Waals surface area contributed by atoms with Gasteiger partial charge in [0.25, 0.3) is 0 Å². The van der Waals surface area contributed by atoms with Crippen LogP contribution >= 0.6 is 0 Å². The number of carbonyl (C=O) groups is 2. The van der Waals surface area contributed by atoms with Gasteiger partial charge in [-0.15, -0.1) is 0 Å². The van der Waals surface area contributed by atoms with Gasteiger partial charge < -0.3 is 10.2 Å². The molecule has 5 nitrogen and oxygen atoms in total. The summed E-state index contributed by atoms with van der Waals surface area (Å²) in [6.45, 7) is 6.76. The fraction of sp³-hybridized carbons (Fsp3) is 0.579. The van der Waals surface area contributed by atoms with Gasteiger partial charge in [-0.3, -0.25) is 4.79 Å². The fourth-order valence-corrected chi connectivity index (χ4v) is 4.63. The maximum absolute atomic E-state index is 12.8. The van der Waals surface area contributed by atoms with E-state index in [0.717, 1.165) is 24.2 Å². The number of anilines is 1. The number of imide groups is 1. The van der Waals surface area contributed by atoms with Crippen LogP contribution in [-0.2, 0) is 10.2 Å². The lowest BCUT2D eigenvalue weighted by Gasteiger charge is -2.23. The molecule has 128 valence electrons. The standard InChI is InChI=1S/C19H25N3O2/c1-19(2)14-6-3-4-7-16(14)22(17(19)23)18(24)20-12-13-9-11-21-10-5-8-15(13)21/h3-4,6-7,13,15H,5,8-12H2,1-2H3,(H,20,24)/t13-,15-/m0/s1. The molecule has 4 rings (SSSR count). The average Bonchev–Trinajstić information content (AvgIpc) is 3.21. The second kappa shape index (κ2) is 5.59. The van der Waals surface area contributed by atoms with E-state index in [2.05, 4.69) is 10.2 Å². The van der Waals surface area contributed by atoms with Crippen LogP contribution in [0.15, 0.2) is 24.3 Å². The lowest BCUT2D eigenvalue weighted by molar-refractivity contribution is -0.121. The summed E-state index contributed by atoms with van der Waals surface area (Å²) in [5.41, 5.74) is 0.996. The van der Waals surface area contributed by atoms with Crippen molar-refractivity contribution in [2.75, 3.05) is 24.5 Å². The third-order valence-corrected chi connectivity index (χ3v) is 6.02. The van der Waals surface area contributed by atoms with Crippen LogP contribution in [0.2, 0.25) is 0 Å². The molecule has 0 unspecified atom stereocenters. The molecule has 1 aromatic carbocycles. The van der Waals surface area contributed by atoms with Crippen LogP contribution in [0, 0.1) is 5.92 Å². The number of rotatable bonds is 2. The number of fused-ring (bicyclic) bond motifs is 2. The Morgan fingerprint density at radius 2 is 2.04 bits per heavy atom. The second-order valence-corrected chi connectivity index (χ2v) is 7.76. The first-order valence-electron chi connectivity index (χ1n) is 8.96. The number of urea groups is 1. The maximum atomic E-state index is 12.8.